The molecule has 0 aliphatic heterocycles. The van der Waals surface area contributed by atoms with Gasteiger partial charge >= 0.3 is 5.69 Å². The van der Waals surface area contributed by atoms with Crippen molar-refractivity contribution in [2.75, 3.05) is 12.0 Å². The monoisotopic (exact) mass is 406 g/mol. The zero-order chi connectivity index (χ0) is 20.8. The summed E-state index contributed by atoms with van der Waals surface area (Å²) < 4.78 is 0.871. The molecule has 2 aromatic rings. The van der Waals surface area contributed by atoms with Crippen LogP contribution in [0.2, 0.25) is 0 Å². The third-order valence-corrected chi connectivity index (χ3v) is 5.00. The maximum atomic E-state index is 12.9. The third-order valence-electron chi connectivity index (χ3n) is 4.35. The van der Waals surface area contributed by atoms with Crippen LogP contribution in [0.15, 0.2) is 33.9 Å². The van der Waals surface area contributed by atoms with Crippen molar-refractivity contribution in [1.82, 2.24) is 14.9 Å². The Hall–Kier alpha value is -2.55. The first kappa shape index (κ1) is 21.7. The van der Waals surface area contributed by atoms with Crippen LogP contribution in [0.25, 0.3) is 10.9 Å². The molecule has 1 aromatic heterocycles. The van der Waals surface area contributed by atoms with E-state index in [4.69, 9.17) is 0 Å². The van der Waals surface area contributed by atoms with Gasteiger partial charge in [-0.1, -0.05) is 26.0 Å². The Morgan fingerprint density at radius 2 is 1.93 bits per heavy atom. The predicted octanol–water partition coefficient (Wildman–Crippen LogP) is 0.265. The Kier molecular flexibility index (Phi) is 7.45. The minimum Gasteiger partial charge on any atom is -0.548 e. The van der Waals surface area contributed by atoms with Gasteiger partial charge in [-0.25, -0.2) is 9.36 Å². The van der Waals surface area contributed by atoms with Crippen molar-refractivity contribution in [3.8, 4) is 0 Å². The van der Waals surface area contributed by atoms with E-state index in [0.717, 1.165) is 4.57 Å². The molecule has 0 saturated carbocycles. The van der Waals surface area contributed by atoms with E-state index >= 15 is 0 Å². The second-order valence-electron chi connectivity index (χ2n) is 6.96. The van der Waals surface area contributed by atoms with Crippen LogP contribution in [0.4, 0.5) is 0 Å². The van der Waals surface area contributed by atoms with Crippen molar-refractivity contribution in [2.45, 2.75) is 38.8 Å². The third kappa shape index (κ3) is 5.03. The average Bonchev–Trinajstić information content (AvgIpc) is 2.63. The van der Waals surface area contributed by atoms with Gasteiger partial charge in [-0.2, -0.15) is 11.8 Å². The van der Waals surface area contributed by atoms with Crippen LogP contribution < -0.4 is 21.7 Å². The lowest BCUT2D eigenvalue weighted by atomic mass is 10.0. The van der Waals surface area contributed by atoms with Crippen LogP contribution in [-0.4, -0.2) is 39.5 Å². The standard InChI is InChI=1S/C19H25N3O5S/c1-11(2)10-14(18(25)26)20-16(23)15(8-9-28-3)22-17(24)12-6-4-5-7-13(12)21-19(22)27/h4-7,11,14-15H,8-10H2,1-3H3,(H,20,23)(H,21,27)(H,25,26)/p-1/t14-,15-/m0/s1. The van der Waals surface area contributed by atoms with Gasteiger partial charge in [-0.05, 0) is 42.9 Å². The van der Waals surface area contributed by atoms with Crippen molar-refractivity contribution in [3.63, 3.8) is 0 Å². The Morgan fingerprint density at radius 1 is 1.25 bits per heavy atom. The average molecular weight is 406 g/mol. The molecule has 152 valence electrons. The van der Waals surface area contributed by atoms with Gasteiger partial charge < -0.3 is 20.2 Å². The number of nitrogens with one attached hydrogen (secondary N) is 2. The normalized spacial score (nSPS) is 13.4. The first-order chi connectivity index (χ1) is 13.3. The highest BCUT2D eigenvalue weighted by Crippen LogP contribution is 2.14. The first-order valence-electron chi connectivity index (χ1n) is 9.00. The summed E-state index contributed by atoms with van der Waals surface area (Å²) in [6, 6.07) is 4.21. The van der Waals surface area contributed by atoms with Gasteiger partial charge in [0.1, 0.15) is 6.04 Å². The number of aromatic nitrogens is 2. The van der Waals surface area contributed by atoms with Crippen molar-refractivity contribution < 1.29 is 14.7 Å². The topological polar surface area (TPSA) is 124 Å². The number of carboxylic acids is 1. The summed E-state index contributed by atoms with van der Waals surface area (Å²) >= 11 is 1.46. The number of para-hydroxylation sites is 1. The minimum atomic E-state index is -1.40. The molecule has 0 unspecified atom stereocenters. The summed E-state index contributed by atoms with van der Waals surface area (Å²) in [7, 11) is 0. The van der Waals surface area contributed by atoms with Crippen molar-refractivity contribution in [2.24, 2.45) is 5.92 Å². The maximum Gasteiger partial charge on any atom is 0.329 e. The molecule has 0 aliphatic rings. The zero-order valence-electron chi connectivity index (χ0n) is 16.1. The smallest absolute Gasteiger partial charge is 0.329 e. The van der Waals surface area contributed by atoms with Gasteiger partial charge in [-0.15, -0.1) is 0 Å². The van der Waals surface area contributed by atoms with Crippen LogP contribution in [-0.2, 0) is 9.59 Å². The number of aliphatic carboxylic acids is 1. The maximum absolute atomic E-state index is 12.9. The number of fused-ring (bicyclic) bond motifs is 1. The summed E-state index contributed by atoms with van der Waals surface area (Å²) in [4.78, 5) is 52.3. The van der Waals surface area contributed by atoms with Crippen LogP contribution in [0.5, 0.6) is 0 Å². The SMILES string of the molecule is CSCC[C@@H](C(=O)N[C@@H](CC(C)C)C(=O)[O-])n1c(=O)[nH]c2ccccc2c1=O. The molecule has 9 heteroatoms. The molecule has 0 bridgehead atoms. The number of nitrogens with zero attached hydrogens (tertiary/aromatic N) is 1. The fraction of sp³-hybridized carbons (Fsp3) is 0.474. The fourth-order valence-electron chi connectivity index (χ4n) is 3.02. The van der Waals surface area contributed by atoms with Crippen LogP contribution in [0, 0.1) is 5.92 Å². The second kappa shape index (κ2) is 9.59. The van der Waals surface area contributed by atoms with Crippen molar-refractivity contribution >= 4 is 34.5 Å². The highest BCUT2D eigenvalue weighted by atomic mass is 32.2. The van der Waals surface area contributed by atoms with Gasteiger partial charge in [0.2, 0.25) is 5.91 Å². The fourth-order valence-corrected chi connectivity index (χ4v) is 3.48. The van der Waals surface area contributed by atoms with Gasteiger partial charge in [-0.3, -0.25) is 9.59 Å². The lowest BCUT2D eigenvalue weighted by Gasteiger charge is -2.25. The van der Waals surface area contributed by atoms with Gasteiger partial charge in [0.05, 0.1) is 22.9 Å². The molecule has 0 fully saturated rings. The number of carboxylic acid groups (broad SMARTS) is 1. The number of carbonyl (C=O) groups excluding carboxylic acids is 2. The number of amides is 1. The summed E-state index contributed by atoms with van der Waals surface area (Å²) in [6.45, 7) is 3.65. The lowest BCUT2D eigenvalue weighted by molar-refractivity contribution is -0.308. The molecule has 2 N–H and O–H groups in total. The highest BCUT2D eigenvalue weighted by molar-refractivity contribution is 7.98. The molecule has 0 saturated heterocycles. The van der Waals surface area contributed by atoms with Crippen LogP contribution in [0.1, 0.15) is 32.7 Å². The van der Waals surface area contributed by atoms with E-state index in [0.29, 0.717) is 11.3 Å². The number of carbonyl (C=O) groups is 2. The van der Waals surface area contributed by atoms with Crippen LogP contribution in [0.3, 0.4) is 0 Å². The zero-order valence-corrected chi connectivity index (χ0v) is 16.9. The molecular formula is C19H24N3O5S-. The molecule has 8 nitrogen and oxygen atoms in total. The van der Waals surface area contributed by atoms with E-state index in [1.165, 1.54) is 11.8 Å². The Bertz CT molecular complexity index is 966. The molecule has 0 radical (unpaired) electrons. The first-order valence-corrected chi connectivity index (χ1v) is 10.4. The molecule has 1 amide bonds. The van der Waals surface area contributed by atoms with Crippen molar-refractivity contribution in [1.29, 1.82) is 0 Å². The molecule has 0 aliphatic carbocycles. The van der Waals surface area contributed by atoms with Gasteiger partial charge in [0.25, 0.3) is 5.56 Å². The number of aromatic amines is 1. The van der Waals surface area contributed by atoms with Crippen molar-refractivity contribution in [3.05, 3.63) is 45.1 Å². The van der Waals surface area contributed by atoms with E-state index in [2.05, 4.69) is 10.3 Å². The number of hydrogen-bond donors (Lipinski definition) is 2. The summed E-state index contributed by atoms with van der Waals surface area (Å²) in [5, 5.41) is 14.1. The van der Waals surface area contributed by atoms with E-state index in [1.54, 1.807) is 24.3 Å². The largest absolute Gasteiger partial charge is 0.548 e. The molecule has 1 aromatic carbocycles. The summed E-state index contributed by atoms with van der Waals surface area (Å²) in [5.74, 6) is -1.56. The van der Waals surface area contributed by atoms with Gasteiger partial charge in [0.15, 0.2) is 0 Å². The number of benzene rings is 1. The Balaban J connectivity index is 2.47. The van der Waals surface area contributed by atoms with E-state index in [-0.39, 0.29) is 24.1 Å². The molecular weight excluding hydrogens is 382 g/mol. The predicted molar refractivity (Wildman–Crippen MR) is 107 cm³/mol. The van der Waals surface area contributed by atoms with Crippen LogP contribution >= 0.6 is 11.8 Å². The minimum absolute atomic E-state index is 0.0136. The van der Waals surface area contributed by atoms with E-state index in [9.17, 15) is 24.3 Å². The summed E-state index contributed by atoms with van der Waals surface area (Å²) in [6.07, 6.45) is 2.23. The molecule has 2 atom stereocenters. The second-order valence-corrected chi connectivity index (χ2v) is 7.94. The lowest BCUT2D eigenvalue weighted by Crippen LogP contribution is -2.52. The van der Waals surface area contributed by atoms with Gasteiger partial charge in [0, 0.05) is 0 Å². The molecule has 0 spiro atoms. The number of hydrogen-bond acceptors (Lipinski definition) is 6. The number of thioether (sulfide) groups is 1. The summed E-state index contributed by atoms with van der Waals surface area (Å²) in [5.41, 5.74) is -0.918. The van der Waals surface area contributed by atoms with E-state index in [1.807, 2.05) is 20.1 Å². The van der Waals surface area contributed by atoms with E-state index < -0.39 is 35.2 Å². The highest BCUT2D eigenvalue weighted by Gasteiger charge is 2.27. The molecule has 28 heavy (non-hydrogen) atoms. The number of rotatable bonds is 9. The number of H-pyrrole nitrogens is 1. The Morgan fingerprint density at radius 3 is 2.54 bits per heavy atom. The molecule has 2 rings (SSSR count). The quantitative estimate of drug-likeness (QED) is 0.616. The molecule has 1 heterocycles. The Labute approximate surface area is 166 Å².